The maximum atomic E-state index is 4.41. The summed E-state index contributed by atoms with van der Waals surface area (Å²) in [6, 6.07) is 0.671. The third-order valence-corrected chi connectivity index (χ3v) is 3.42. The summed E-state index contributed by atoms with van der Waals surface area (Å²) in [5.74, 6) is 1.06. The Morgan fingerprint density at radius 3 is 2.75 bits per heavy atom. The van der Waals surface area contributed by atoms with Crippen LogP contribution in [0.2, 0.25) is 0 Å². The van der Waals surface area contributed by atoms with Crippen LogP contribution in [0.5, 0.6) is 0 Å². The van der Waals surface area contributed by atoms with E-state index < -0.39 is 0 Å². The molecule has 1 saturated carbocycles. The lowest BCUT2D eigenvalue weighted by Gasteiger charge is -2.19. The minimum absolute atomic E-state index is 0.671. The third kappa shape index (κ3) is 2.77. The molecule has 1 heterocycles. The maximum Gasteiger partial charge on any atom is 0.203 e. The van der Waals surface area contributed by atoms with E-state index in [2.05, 4.69) is 28.0 Å². The van der Waals surface area contributed by atoms with Crippen LogP contribution in [-0.2, 0) is 0 Å². The fourth-order valence-electron chi connectivity index (χ4n) is 2.52. The molecule has 1 aliphatic rings. The van der Waals surface area contributed by atoms with E-state index in [9.17, 15) is 0 Å². The van der Waals surface area contributed by atoms with Gasteiger partial charge in [0.05, 0.1) is 0 Å². The second kappa shape index (κ2) is 5.92. The van der Waals surface area contributed by atoms with Crippen molar-refractivity contribution in [3.8, 4) is 0 Å². The molecule has 1 N–H and O–H groups in total. The van der Waals surface area contributed by atoms with Crippen LogP contribution in [0.1, 0.15) is 57.9 Å². The first-order chi connectivity index (χ1) is 7.92. The average Bonchev–Trinajstić information content (AvgIpc) is 2.60. The molecule has 3 heteroatoms. The summed E-state index contributed by atoms with van der Waals surface area (Å²) in [5, 5.41) is 3.41. The van der Waals surface area contributed by atoms with Gasteiger partial charge in [-0.2, -0.15) is 0 Å². The number of anilines is 1. The minimum atomic E-state index is 0.671. The van der Waals surface area contributed by atoms with Gasteiger partial charge in [0.25, 0.3) is 0 Å². The van der Waals surface area contributed by atoms with Crippen LogP contribution in [0.25, 0.3) is 0 Å². The number of nitrogens with one attached hydrogen (secondary N) is 1. The Balaban J connectivity index is 2.03. The lowest BCUT2D eigenvalue weighted by molar-refractivity contribution is 0.447. The van der Waals surface area contributed by atoms with Crippen LogP contribution >= 0.6 is 0 Å². The van der Waals surface area contributed by atoms with Crippen LogP contribution in [0.4, 0.5) is 5.95 Å². The Kier molecular flexibility index (Phi) is 4.25. The smallest absolute Gasteiger partial charge is 0.203 e. The van der Waals surface area contributed by atoms with Gasteiger partial charge in [-0.25, -0.2) is 4.98 Å². The summed E-state index contributed by atoms with van der Waals surface area (Å²) < 4.78 is 2.35. The van der Waals surface area contributed by atoms with Gasteiger partial charge in [-0.15, -0.1) is 0 Å². The Morgan fingerprint density at radius 1 is 1.31 bits per heavy atom. The summed E-state index contributed by atoms with van der Waals surface area (Å²) in [7, 11) is 0. The van der Waals surface area contributed by atoms with E-state index >= 15 is 0 Å². The van der Waals surface area contributed by atoms with Crippen molar-refractivity contribution in [2.75, 3.05) is 11.9 Å². The van der Waals surface area contributed by atoms with Crippen LogP contribution in [-0.4, -0.2) is 16.1 Å². The van der Waals surface area contributed by atoms with E-state index in [0.29, 0.717) is 6.04 Å². The highest BCUT2D eigenvalue weighted by Gasteiger charge is 2.16. The second-order valence-electron chi connectivity index (χ2n) is 4.73. The lowest BCUT2D eigenvalue weighted by Crippen LogP contribution is -2.13. The molecule has 90 valence electrons. The molecule has 0 aromatic carbocycles. The summed E-state index contributed by atoms with van der Waals surface area (Å²) in [6.07, 6.45) is 13.4. The highest BCUT2D eigenvalue weighted by Crippen LogP contribution is 2.29. The van der Waals surface area contributed by atoms with Crippen molar-refractivity contribution in [3.63, 3.8) is 0 Å². The molecule has 0 saturated heterocycles. The number of imidazole rings is 1. The average molecular weight is 221 g/mol. The van der Waals surface area contributed by atoms with Crippen molar-refractivity contribution in [2.24, 2.45) is 0 Å². The highest BCUT2D eigenvalue weighted by atomic mass is 15.2. The molecule has 0 aliphatic heterocycles. The molecule has 0 amide bonds. The largest absolute Gasteiger partial charge is 0.356 e. The van der Waals surface area contributed by atoms with E-state index in [-0.39, 0.29) is 0 Å². The zero-order valence-corrected chi connectivity index (χ0v) is 10.3. The van der Waals surface area contributed by atoms with Crippen LogP contribution in [0.3, 0.4) is 0 Å². The monoisotopic (exact) mass is 221 g/mol. The predicted octanol–water partition coefficient (Wildman–Crippen LogP) is 3.60. The van der Waals surface area contributed by atoms with E-state index in [4.69, 9.17) is 0 Å². The Morgan fingerprint density at radius 2 is 2.06 bits per heavy atom. The molecular weight excluding hydrogens is 198 g/mol. The van der Waals surface area contributed by atoms with Crippen molar-refractivity contribution in [1.29, 1.82) is 0 Å². The van der Waals surface area contributed by atoms with Crippen LogP contribution < -0.4 is 5.32 Å². The topological polar surface area (TPSA) is 29.9 Å². The van der Waals surface area contributed by atoms with Gasteiger partial charge in [0.15, 0.2) is 0 Å². The SMILES string of the molecule is CCCNc1nccn1C1CCCCCC1. The molecule has 0 atom stereocenters. The van der Waals surface area contributed by atoms with Crippen molar-refractivity contribution >= 4 is 5.95 Å². The van der Waals surface area contributed by atoms with Gasteiger partial charge in [-0.3, -0.25) is 0 Å². The van der Waals surface area contributed by atoms with Crippen molar-refractivity contribution in [3.05, 3.63) is 12.4 Å². The lowest BCUT2D eigenvalue weighted by atomic mass is 10.1. The molecule has 0 bridgehead atoms. The fraction of sp³-hybridized carbons (Fsp3) is 0.769. The maximum absolute atomic E-state index is 4.41. The van der Waals surface area contributed by atoms with Crippen LogP contribution in [0.15, 0.2) is 12.4 Å². The third-order valence-electron chi connectivity index (χ3n) is 3.42. The number of nitrogens with zero attached hydrogens (tertiary/aromatic N) is 2. The first-order valence-electron chi connectivity index (χ1n) is 6.68. The summed E-state index contributed by atoms with van der Waals surface area (Å²) >= 11 is 0. The van der Waals surface area contributed by atoms with E-state index in [1.807, 2.05) is 6.20 Å². The van der Waals surface area contributed by atoms with Crippen molar-refractivity contribution < 1.29 is 0 Å². The first-order valence-corrected chi connectivity index (χ1v) is 6.68. The first kappa shape index (κ1) is 11.5. The summed E-state index contributed by atoms with van der Waals surface area (Å²) in [4.78, 5) is 4.41. The minimum Gasteiger partial charge on any atom is -0.356 e. The van der Waals surface area contributed by atoms with Crippen molar-refractivity contribution in [1.82, 2.24) is 9.55 Å². The molecule has 16 heavy (non-hydrogen) atoms. The van der Waals surface area contributed by atoms with E-state index in [1.54, 1.807) is 0 Å². The van der Waals surface area contributed by atoms with E-state index in [1.165, 1.54) is 38.5 Å². The van der Waals surface area contributed by atoms with Gasteiger partial charge in [0.1, 0.15) is 0 Å². The fourth-order valence-corrected chi connectivity index (χ4v) is 2.52. The second-order valence-corrected chi connectivity index (χ2v) is 4.73. The van der Waals surface area contributed by atoms with Crippen molar-refractivity contribution in [2.45, 2.75) is 57.9 Å². The number of aromatic nitrogens is 2. The number of rotatable bonds is 4. The Hall–Kier alpha value is -0.990. The van der Waals surface area contributed by atoms with Gasteiger partial charge >= 0.3 is 0 Å². The zero-order valence-electron chi connectivity index (χ0n) is 10.3. The summed E-state index contributed by atoms with van der Waals surface area (Å²) in [5.41, 5.74) is 0. The quantitative estimate of drug-likeness (QED) is 0.787. The highest BCUT2D eigenvalue weighted by molar-refractivity contribution is 5.26. The van der Waals surface area contributed by atoms with Gasteiger partial charge in [-0.1, -0.05) is 32.6 Å². The van der Waals surface area contributed by atoms with E-state index in [0.717, 1.165) is 18.9 Å². The number of hydrogen-bond acceptors (Lipinski definition) is 2. The molecule has 0 radical (unpaired) electrons. The zero-order chi connectivity index (χ0) is 11.2. The van der Waals surface area contributed by atoms with Gasteiger partial charge < -0.3 is 9.88 Å². The molecule has 1 aromatic rings. The Labute approximate surface area is 98.3 Å². The molecule has 1 aliphatic carbocycles. The summed E-state index contributed by atoms with van der Waals surface area (Å²) in [6.45, 7) is 3.20. The molecule has 1 fully saturated rings. The Bertz CT molecular complexity index is 298. The normalized spacial score (nSPS) is 18.3. The van der Waals surface area contributed by atoms with Gasteiger partial charge in [0.2, 0.25) is 5.95 Å². The molecule has 0 spiro atoms. The predicted molar refractivity (Wildman–Crippen MR) is 67.7 cm³/mol. The number of hydrogen-bond donors (Lipinski definition) is 1. The van der Waals surface area contributed by atoms with Gasteiger partial charge in [-0.05, 0) is 19.3 Å². The molecule has 2 rings (SSSR count). The molecular formula is C13H23N3. The standard InChI is InChI=1S/C13H23N3/c1-2-9-14-13-15-10-11-16(13)12-7-5-3-4-6-8-12/h10-12H,2-9H2,1H3,(H,14,15). The molecule has 0 unspecified atom stereocenters. The molecule has 1 aromatic heterocycles. The van der Waals surface area contributed by atoms with Gasteiger partial charge in [0, 0.05) is 25.0 Å². The molecule has 3 nitrogen and oxygen atoms in total. The van der Waals surface area contributed by atoms with Crippen LogP contribution in [0, 0.1) is 0 Å².